The highest BCUT2D eigenvalue weighted by molar-refractivity contribution is 7.11. The molecule has 7 nitrogen and oxygen atoms in total. The van der Waals surface area contributed by atoms with Crippen molar-refractivity contribution in [2.75, 3.05) is 13.1 Å². The Bertz CT molecular complexity index is 965. The van der Waals surface area contributed by atoms with Gasteiger partial charge in [0.15, 0.2) is 5.82 Å². The Morgan fingerprint density at radius 1 is 1.13 bits per heavy atom. The first-order chi connectivity index (χ1) is 14.2. The third-order valence-corrected chi connectivity index (χ3v) is 5.59. The summed E-state index contributed by atoms with van der Waals surface area (Å²) in [7, 11) is 0. The normalized spacial score (nSPS) is 14.5. The lowest BCUT2D eigenvalue weighted by Gasteiger charge is -2.18. The monoisotopic (exact) mass is 441 g/mol. The highest BCUT2D eigenvalue weighted by Gasteiger charge is 2.38. The second-order valence-corrected chi connectivity index (χ2v) is 8.25. The van der Waals surface area contributed by atoms with Crippen molar-refractivity contribution in [1.29, 1.82) is 0 Å². The van der Waals surface area contributed by atoms with E-state index in [1.807, 2.05) is 23.5 Å². The van der Waals surface area contributed by atoms with Crippen molar-refractivity contribution in [3.8, 4) is 0 Å². The van der Waals surface area contributed by atoms with Crippen LogP contribution in [0.5, 0.6) is 0 Å². The van der Waals surface area contributed by atoms with Crippen molar-refractivity contribution in [2.24, 2.45) is 0 Å². The number of hydrogen-bond acceptors (Lipinski definition) is 5. The standard InChI is InChI=1S/C17H21N5S.C2HF3O2/c1-14-4-5-15(23-14)12-21-9-6-16-18-19-17(22(16)11-10-21)13-20-7-2-3-8-20;3-2(4,5)1(6)7/h2-5,7-8H,6,9-13H2,1H3;(H,6,7). The van der Waals surface area contributed by atoms with Crippen LogP contribution in [0, 0.1) is 6.92 Å². The molecular weight excluding hydrogens is 419 g/mol. The van der Waals surface area contributed by atoms with Crippen LogP contribution in [0.4, 0.5) is 13.2 Å². The number of nitrogens with zero attached hydrogens (tertiary/aromatic N) is 5. The molecule has 11 heteroatoms. The van der Waals surface area contributed by atoms with Crippen molar-refractivity contribution in [1.82, 2.24) is 24.2 Å². The molecule has 0 radical (unpaired) electrons. The molecule has 30 heavy (non-hydrogen) atoms. The molecule has 0 bridgehead atoms. The second-order valence-electron chi connectivity index (χ2n) is 6.88. The SMILES string of the molecule is Cc1ccc(CN2CCc3nnc(Cn4cccc4)n3CC2)s1.O=C(O)C(F)(F)F. The van der Waals surface area contributed by atoms with Crippen LogP contribution in [0.3, 0.4) is 0 Å². The predicted octanol–water partition coefficient (Wildman–Crippen LogP) is 3.19. The lowest BCUT2D eigenvalue weighted by molar-refractivity contribution is -0.192. The molecule has 0 amide bonds. The van der Waals surface area contributed by atoms with E-state index in [1.165, 1.54) is 9.75 Å². The summed E-state index contributed by atoms with van der Waals surface area (Å²) in [5, 5.41) is 15.9. The summed E-state index contributed by atoms with van der Waals surface area (Å²) in [5.74, 6) is -0.575. The van der Waals surface area contributed by atoms with E-state index in [9.17, 15) is 13.2 Å². The van der Waals surface area contributed by atoms with Crippen LogP contribution < -0.4 is 0 Å². The number of fused-ring (bicyclic) bond motifs is 1. The summed E-state index contributed by atoms with van der Waals surface area (Å²) in [6, 6.07) is 8.55. The molecule has 0 atom stereocenters. The Kier molecular flexibility index (Phi) is 6.93. The number of rotatable bonds is 4. The fourth-order valence-electron chi connectivity index (χ4n) is 3.13. The molecule has 1 aliphatic heterocycles. The fraction of sp³-hybridized carbons (Fsp3) is 0.421. The van der Waals surface area contributed by atoms with E-state index in [0.717, 1.165) is 50.8 Å². The lowest BCUT2D eigenvalue weighted by atomic mass is 10.3. The van der Waals surface area contributed by atoms with Gasteiger partial charge in [0.05, 0.1) is 6.54 Å². The van der Waals surface area contributed by atoms with Gasteiger partial charge >= 0.3 is 12.1 Å². The fourth-order valence-corrected chi connectivity index (χ4v) is 4.06. The highest BCUT2D eigenvalue weighted by Crippen LogP contribution is 2.19. The summed E-state index contributed by atoms with van der Waals surface area (Å²) < 4.78 is 36.2. The Balaban J connectivity index is 0.000000318. The van der Waals surface area contributed by atoms with Crippen LogP contribution in [0.25, 0.3) is 0 Å². The van der Waals surface area contributed by atoms with Gasteiger partial charge in [0.2, 0.25) is 0 Å². The summed E-state index contributed by atoms with van der Waals surface area (Å²) in [5.41, 5.74) is 0. The number of carbonyl (C=O) groups is 1. The van der Waals surface area contributed by atoms with E-state index in [0.29, 0.717) is 0 Å². The maximum atomic E-state index is 10.6. The Morgan fingerprint density at radius 2 is 1.83 bits per heavy atom. The van der Waals surface area contributed by atoms with E-state index in [2.05, 4.69) is 55.7 Å². The van der Waals surface area contributed by atoms with Gasteiger partial charge in [-0.1, -0.05) is 0 Å². The van der Waals surface area contributed by atoms with Gasteiger partial charge in [-0.05, 0) is 31.2 Å². The zero-order chi connectivity index (χ0) is 21.7. The van der Waals surface area contributed by atoms with Gasteiger partial charge < -0.3 is 14.2 Å². The molecule has 0 unspecified atom stereocenters. The smallest absolute Gasteiger partial charge is 0.475 e. The van der Waals surface area contributed by atoms with E-state index in [-0.39, 0.29) is 0 Å². The summed E-state index contributed by atoms with van der Waals surface area (Å²) >= 11 is 1.90. The molecule has 1 aliphatic rings. The minimum Gasteiger partial charge on any atom is -0.475 e. The van der Waals surface area contributed by atoms with Gasteiger partial charge in [0.25, 0.3) is 0 Å². The maximum absolute atomic E-state index is 10.6. The van der Waals surface area contributed by atoms with Crippen LogP contribution in [0.15, 0.2) is 36.7 Å². The zero-order valence-electron chi connectivity index (χ0n) is 16.3. The quantitative estimate of drug-likeness (QED) is 0.673. The maximum Gasteiger partial charge on any atom is 0.490 e. The minimum absolute atomic E-state index is 0.796. The topological polar surface area (TPSA) is 76.2 Å². The molecule has 0 aliphatic carbocycles. The first-order valence-corrected chi connectivity index (χ1v) is 10.1. The Labute approximate surface area is 175 Å². The number of alkyl halides is 3. The molecule has 4 rings (SSSR count). The average molecular weight is 441 g/mol. The van der Waals surface area contributed by atoms with Crippen molar-refractivity contribution in [2.45, 2.75) is 39.2 Å². The molecule has 0 saturated heterocycles. The van der Waals surface area contributed by atoms with Crippen LogP contribution in [-0.2, 0) is 30.8 Å². The number of aliphatic carboxylic acids is 1. The Hall–Kier alpha value is -2.66. The molecule has 1 N–H and O–H groups in total. The van der Waals surface area contributed by atoms with Gasteiger partial charge in [0, 0.05) is 54.7 Å². The van der Waals surface area contributed by atoms with Gasteiger partial charge in [-0.2, -0.15) is 13.2 Å². The molecule has 162 valence electrons. The summed E-state index contributed by atoms with van der Waals surface area (Å²) in [6.45, 7) is 7.10. The van der Waals surface area contributed by atoms with E-state index in [4.69, 9.17) is 9.90 Å². The average Bonchev–Trinajstić information content (AvgIpc) is 3.38. The van der Waals surface area contributed by atoms with Crippen molar-refractivity contribution < 1.29 is 23.1 Å². The third-order valence-electron chi connectivity index (χ3n) is 4.60. The number of thiophene rings is 1. The number of aryl methyl sites for hydroxylation is 1. The zero-order valence-corrected chi connectivity index (χ0v) is 17.2. The first-order valence-electron chi connectivity index (χ1n) is 9.32. The van der Waals surface area contributed by atoms with Crippen molar-refractivity contribution in [3.63, 3.8) is 0 Å². The van der Waals surface area contributed by atoms with Crippen LogP contribution in [0.2, 0.25) is 0 Å². The van der Waals surface area contributed by atoms with Gasteiger partial charge in [0.1, 0.15) is 5.82 Å². The van der Waals surface area contributed by atoms with E-state index >= 15 is 0 Å². The molecule has 0 fully saturated rings. The van der Waals surface area contributed by atoms with Crippen molar-refractivity contribution in [3.05, 3.63) is 58.1 Å². The number of halogens is 3. The molecular formula is C19H22F3N5O2S. The van der Waals surface area contributed by atoms with Crippen molar-refractivity contribution >= 4 is 17.3 Å². The van der Waals surface area contributed by atoms with Crippen LogP contribution in [-0.4, -0.2) is 54.6 Å². The van der Waals surface area contributed by atoms with E-state index < -0.39 is 12.1 Å². The number of carboxylic acids is 1. The van der Waals surface area contributed by atoms with Gasteiger partial charge in [-0.25, -0.2) is 4.79 Å². The summed E-state index contributed by atoms with van der Waals surface area (Å²) in [4.78, 5) is 14.3. The predicted molar refractivity (Wildman–Crippen MR) is 105 cm³/mol. The highest BCUT2D eigenvalue weighted by atomic mass is 32.1. The molecule has 0 aromatic carbocycles. The largest absolute Gasteiger partial charge is 0.490 e. The summed E-state index contributed by atoms with van der Waals surface area (Å²) in [6.07, 6.45) is 0.0383. The number of hydrogen-bond donors (Lipinski definition) is 1. The van der Waals surface area contributed by atoms with E-state index in [1.54, 1.807) is 0 Å². The van der Waals surface area contributed by atoms with Gasteiger partial charge in [-0.3, -0.25) is 4.90 Å². The number of carboxylic acid groups (broad SMARTS) is 1. The molecule has 4 heterocycles. The molecule has 0 saturated carbocycles. The Morgan fingerprint density at radius 3 is 2.43 bits per heavy atom. The first kappa shape index (κ1) is 22.0. The number of aromatic nitrogens is 4. The molecule has 3 aromatic heterocycles. The van der Waals surface area contributed by atoms with Crippen LogP contribution >= 0.6 is 11.3 Å². The van der Waals surface area contributed by atoms with Gasteiger partial charge in [-0.15, -0.1) is 21.5 Å². The minimum atomic E-state index is -5.08. The molecule has 0 spiro atoms. The second kappa shape index (κ2) is 9.43. The lowest BCUT2D eigenvalue weighted by Crippen LogP contribution is -2.26. The van der Waals surface area contributed by atoms with Crippen LogP contribution in [0.1, 0.15) is 21.4 Å². The third kappa shape index (κ3) is 5.92. The molecule has 3 aromatic rings.